The van der Waals surface area contributed by atoms with Crippen molar-refractivity contribution in [2.24, 2.45) is 5.73 Å². The van der Waals surface area contributed by atoms with Crippen molar-refractivity contribution >= 4 is 17.0 Å². The van der Waals surface area contributed by atoms with Crippen molar-refractivity contribution < 1.29 is 14.0 Å². The summed E-state index contributed by atoms with van der Waals surface area (Å²) < 4.78 is 5.61. The zero-order valence-corrected chi connectivity index (χ0v) is 9.61. The van der Waals surface area contributed by atoms with Gasteiger partial charge in [0.1, 0.15) is 0 Å². The Hall–Kier alpha value is -2.96. The van der Waals surface area contributed by atoms with Gasteiger partial charge in [0.15, 0.2) is 5.69 Å². The number of carbonyl (C=O) groups excluding carboxylic acids is 1. The molecule has 0 atom stereocenters. The number of carbonyl (C=O) groups is 1. The van der Waals surface area contributed by atoms with Crippen LogP contribution in [0.1, 0.15) is 10.5 Å². The number of fused-ring (bicyclic) bond motifs is 1. The Kier molecular flexibility index (Phi) is 2.38. The first-order chi connectivity index (χ1) is 9.18. The molecule has 2 aromatic heterocycles. The number of primary amides is 1. The molecule has 0 fully saturated rings. The van der Waals surface area contributed by atoms with E-state index < -0.39 is 5.91 Å². The van der Waals surface area contributed by atoms with Gasteiger partial charge in [-0.1, -0.05) is 35.5 Å². The second kappa shape index (κ2) is 4.05. The normalized spacial score (nSPS) is 10.7. The lowest BCUT2D eigenvalue weighted by Gasteiger charge is -2.06. The third kappa shape index (κ3) is 1.68. The molecule has 7 nitrogen and oxygen atoms in total. The van der Waals surface area contributed by atoms with Gasteiger partial charge in [0.25, 0.3) is 23.3 Å². The van der Waals surface area contributed by atoms with Crippen molar-refractivity contribution in [2.45, 2.75) is 0 Å². The van der Waals surface area contributed by atoms with E-state index in [-0.39, 0.29) is 22.5 Å². The van der Waals surface area contributed by atoms with Gasteiger partial charge in [-0.05, 0) is 4.98 Å². The molecule has 94 valence electrons. The van der Waals surface area contributed by atoms with E-state index in [4.69, 9.17) is 10.3 Å². The Bertz CT molecular complexity index is 767. The van der Waals surface area contributed by atoms with Gasteiger partial charge in [-0.25, -0.2) is 4.73 Å². The number of hydrogen-bond donors (Lipinski definition) is 1. The monoisotopic (exact) mass is 256 g/mol. The van der Waals surface area contributed by atoms with Gasteiger partial charge in [0.2, 0.25) is 5.69 Å². The molecule has 0 saturated heterocycles. The highest BCUT2D eigenvalue weighted by atomic mass is 16.5. The van der Waals surface area contributed by atoms with E-state index in [9.17, 15) is 10.0 Å². The van der Waals surface area contributed by atoms with Gasteiger partial charge in [-0.3, -0.25) is 4.79 Å². The number of nitrogens with two attached hydrogens (primary N) is 1. The Balaban J connectivity index is 2.36. The van der Waals surface area contributed by atoms with Crippen molar-refractivity contribution in [3.8, 4) is 11.3 Å². The predicted octanol–water partition coefficient (Wildman–Crippen LogP) is 0.622. The highest BCUT2D eigenvalue weighted by Crippen LogP contribution is 2.25. The zero-order valence-electron chi connectivity index (χ0n) is 9.61. The summed E-state index contributed by atoms with van der Waals surface area (Å²) >= 11 is 0. The lowest BCUT2D eigenvalue weighted by atomic mass is 10.1. The molecule has 19 heavy (non-hydrogen) atoms. The molecule has 0 aliphatic carbocycles. The summed E-state index contributed by atoms with van der Waals surface area (Å²) in [6.07, 6.45) is 1.05. The largest absolute Gasteiger partial charge is 0.710 e. The van der Waals surface area contributed by atoms with E-state index in [2.05, 4.69) is 10.1 Å². The van der Waals surface area contributed by atoms with Gasteiger partial charge in [0.05, 0.1) is 0 Å². The van der Waals surface area contributed by atoms with Crippen LogP contribution >= 0.6 is 0 Å². The Morgan fingerprint density at radius 2 is 2.05 bits per heavy atom. The zero-order chi connectivity index (χ0) is 13.4. The number of hydrogen-bond acceptors (Lipinski definition) is 5. The average Bonchev–Trinajstić information content (AvgIpc) is 2.83. The minimum absolute atomic E-state index is 0.0900. The maximum atomic E-state index is 11.9. The number of nitrogens with zero attached hydrogens (tertiary/aromatic N) is 3. The van der Waals surface area contributed by atoms with Crippen LogP contribution in [-0.2, 0) is 0 Å². The van der Waals surface area contributed by atoms with E-state index in [0.29, 0.717) is 10.3 Å². The predicted molar refractivity (Wildman–Crippen MR) is 64.7 cm³/mol. The summed E-state index contributed by atoms with van der Waals surface area (Å²) in [5.41, 5.74) is 6.27. The van der Waals surface area contributed by atoms with Gasteiger partial charge in [-0.15, -0.1) is 0 Å². The lowest BCUT2D eigenvalue weighted by Crippen LogP contribution is -2.29. The topological polar surface area (TPSA) is 109 Å². The summed E-state index contributed by atoms with van der Waals surface area (Å²) in [6.45, 7) is 0. The molecule has 0 bridgehead atoms. The van der Waals surface area contributed by atoms with Crippen LogP contribution in [0.5, 0.6) is 0 Å². The van der Waals surface area contributed by atoms with Crippen LogP contribution < -0.4 is 10.5 Å². The fourth-order valence-electron chi connectivity index (χ4n) is 1.84. The quantitative estimate of drug-likeness (QED) is 0.534. The maximum absolute atomic E-state index is 11.9. The molecule has 2 N–H and O–H groups in total. The molecule has 7 heteroatoms. The molecule has 3 aromatic rings. The molecule has 1 amide bonds. The van der Waals surface area contributed by atoms with Crippen LogP contribution in [0.4, 0.5) is 0 Å². The van der Waals surface area contributed by atoms with Crippen molar-refractivity contribution in [1.29, 1.82) is 0 Å². The fourth-order valence-corrected chi connectivity index (χ4v) is 1.84. The standard InChI is InChI=1S/C12H8N4O3/c13-12(17)9-8-11(19-15-9)10(16(18)6-14-8)7-4-2-1-3-5-7/h1-6H,(H2,13,17). The van der Waals surface area contributed by atoms with Crippen molar-refractivity contribution in [3.05, 3.63) is 47.6 Å². The Labute approximate surface area is 106 Å². The van der Waals surface area contributed by atoms with E-state index in [0.717, 1.165) is 6.33 Å². The Morgan fingerprint density at radius 1 is 1.32 bits per heavy atom. The molecule has 2 heterocycles. The first kappa shape index (κ1) is 11.1. The van der Waals surface area contributed by atoms with Gasteiger partial charge >= 0.3 is 0 Å². The molecule has 0 spiro atoms. The van der Waals surface area contributed by atoms with E-state index in [1.54, 1.807) is 24.3 Å². The summed E-state index contributed by atoms with van der Waals surface area (Å²) in [4.78, 5) is 15.0. The number of rotatable bonds is 2. The SMILES string of the molecule is NC(=O)c1noc2c(-c3ccccc3)[n+]([O-])cnc12. The average molecular weight is 256 g/mol. The van der Waals surface area contributed by atoms with E-state index in [1.165, 1.54) is 0 Å². The summed E-state index contributed by atoms with van der Waals surface area (Å²) in [7, 11) is 0. The van der Waals surface area contributed by atoms with Crippen LogP contribution in [0.2, 0.25) is 0 Å². The van der Waals surface area contributed by atoms with Crippen LogP contribution in [0.25, 0.3) is 22.4 Å². The summed E-state index contributed by atoms with van der Waals surface area (Å²) in [5.74, 6) is -0.756. The summed E-state index contributed by atoms with van der Waals surface area (Å²) in [6, 6.07) is 8.89. The third-order valence-electron chi connectivity index (χ3n) is 2.68. The number of benzene rings is 1. The van der Waals surface area contributed by atoms with Gasteiger partial charge in [0, 0.05) is 5.56 Å². The fraction of sp³-hybridized carbons (Fsp3) is 0. The Morgan fingerprint density at radius 3 is 2.74 bits per heavy atom. The molecular formula is C12H8N4O3. The van der Waals surface area contributed by atoms with E-state index >= 15 is 0 Å². The van der Waals surface area contributed by atoms with Crippen LogP contribution in [0.15, 0.2) is 41.2 Å². The van der Waals surface area contributed by atoms with Crippen LogP contribution in [-0.4, -0.2) is 16.0 Å². The molecule has 0 aliphatic rings. The molecular weight excluding hydrogens is 248 g/mol. The second-order valence-corrected chi connectivity index (χ2v) is 3.86. The third-order valence-corrected chi connectivity index (χ3v) is 2.68. The molecule has 0 saturated carbocycles. The highest BCUT2D eigenvalue weighted by Gasteiger charge is 2.24. The van der Waals surface area contributed by atoms with E-state index in [1.807, 2.05) is 6.07 Å². The maximum Gasteiger partial charge on any atom is 0.290 e. The molecule has 0 unspecified atom stereocenters. The highest BCUT2D eigenvalue weighted by molar-refractivity contribution is 6.03. The first-order valence-electron chi connectivity index (χ1n) is 5.41. The van der Waals surface area contributed by atoms with Gasteiger partial charge in [-0.2, -0.15) is 0 Å². The minimum atomic E-state index is -0.756. The molecule has 0 aliphatic heterocycles. The van der Waals surface area contributed by atoms with Gasteiger partial charge < -0.3 is 15.5 Å². The van der Waals surface area contributed by atoms with Crippen molar-refractivity contribution in [2.75, 3.05) is 0 Å². The molecule has 0 radical (unpaired) electrons. The molecule has 3 rings (SSSR count). The number of aromatic nitrogens is 3. The van der Waals surface area contributed by atoms with Crippen molar-refractivity contribution in [3.63, 3.8) is 0 Å². The smallest absolute Gasteiger partial charge is 0.290 e. The van der Waals surface area contributed by atoms with Crippen LogP contribution in [0, 0.1) is 5.21 Å². The minimum Gasteiger partial charge on any atom is -0.710 e. The molecule has 1 aromatic carbocycles. The number of amides is 1. The first-order valence-corrected chi connectivity index (χ1v) is 5.41. The van der Waals surface area contributed by atoms with Crippen molar-refractivity contribution in [1.82, 2.24) is 10.1 Å². The van der Waals surface area contributed by atoms with Crippen LogP contribution in [0.3, 0.4) is 0 Å². The second-order valence-electron chi connectivity index (χ2n) is 3.86. The summed E-state index contributed by atoms with van der Waals surface area (Å²) in [5, 5.41) is 15.4. The lowest BCUT2D eigenvalue weighted by molar-refractivity contribution is -0.595.